The van der Waals surface area contributed by atoms with E-state index in [1.165, 1.54) is 5.01 Å². The summed E-state index contributed by atoms with van der Waals surface area (Å²) in [5, 5.41) is 16.7. The molecule has 1 amide bonds. The van der Waals surface area contributed by atoms with Crippen LogP contribution in [0.2, 0.25) is 0 Å². The van der Waals surface area contributed by atoms with E-state index in [9.17, 15) is 14.7 Å². The van der Waals surface area contributed by atoms with Crippen LogP contribution in [-0.2, 0) is 9.59 Å². The van der Waals surface area contributed by atoms with Gasteiger partial charge in [0.2, 0.25) is 5.91 Å². The molecule has 1 aliphatic rings. The number of hydrogen-bond donors (Lipinski definition) is 0. The summed E-state index contributed by atoms with van der Waals surface area (Å²) in [5.74, 6) is -1.36. The summed E-state index contributed by atoms with van der Waals surface area (Å²) < 4.78 is 0. The molecule has 0 radical (unpaired) electrons. The summed E-state index contributed by atoms with van der Waals surface area (Å²) in [6, 6.07) is 15.2. The van der Waals surface area contributed by atoms with Crippen LogP contribution in [0.4, 0.5) is 0 Å². The Hall–Kier alpha value is -3.61. The first kappa shape index (κ1) is 18.7. The number of nitrogens with zero attached hydrogens (tertiary/aromatic N) is 4. The SMILES string of the molecule is O=C([O-])CCCC(=O)N1N=C(c2ccccc2)C[C@H]1c1ccc2nccnc2c1. The predicted octanol–water partition coefficient (Wildman–Crippen LogP) is 2.23. The molecule has 0 N–H and O–H groups in total. The van der Waals surface area contributed by atoms with Crippen LogP contribution in [0.3, 0.4) is 0 Å². The van der Waals surface area contributed by atoms with Gasteiger partial charge in [0.15, 0.2) is 0 Å². The lowest BCUT2D eigenvalue weighted by atomic mass is 9.98. The summed E-state index contributed by atoms with van der Waals surface area (Å²) in [6.45, 7) is 0. The van der Waals surface area contributed by atoms with Crippen LogP contribution in [0, 0.1) is 0 Å². The third kappa shape index (κ3) is 4.13. The quantitative estimate of drug-likeness (QED) is 0.646. The molecular weight excluding hydrogens is 368 g/mol. The van der Waals surface area contributed by atoms with Crippen LogP contribution >= 0.6 is 0 Å². The zero-order valence-corrected chi connectivity index (χ0v) is 15.7. The number of aromatic nitrogens is 2. The van der Waals surface area contributed by atoms with Crippen molar-refractivity contribution in [1.29, 1.82) is 0 Å². The van der Waals surface area contributed by atoms with Gasteiger partial charge < -0.3 is 9.90 Å². The van der Waals surface area contributed by atoms with E-state index < -0.39 is 5.97 Å². The van der Waals surface area contributed by atoms with Crippen LogP contribution in [0.25, 0.3) is 11.0 Å². The number of hydrogen-bond acceptors (Lipinski definition) is 6. The van der Waals surface area contributed by atoms with Crippen LogP contribution in [0.1, 0.15) is 42.9 Å². The van der Waals surface area contributed by atoms with Gasteiger partial charge in [-0.15, -0.1) is 0 Å². The Labute approximate surface area is 167 Å². The number of carboxylic acids is 1. The van der Waals surface area contributed by atoms with Crippen molar-refractivity contribution in [1.82, 2.24) is 15.0 Å². The number of carbonyl (C=O) groups is 2. The molecule has 0 spiro atoms. The molecule has 0 fully saturated rings. The Morgan fingerprint density at radius 2 is 1.76 bits per heavy atom. The monoisotopic (exact) mass is 387 g/mol. The van der Waals surface area contributed by atoms with Gasteiger partial charge in [-0.25, -0.2) is 5.01 Å². The van der Waals surface area contributed by atoms with Crippen molar-refractivity contribution in [3.63, 3.8) is 0 Å². The largest absolute Gasteiger partial charge is 0.550 e. The third-order valence-corrected chi connectivity index (χ3v) is 4.92. The van der Waals surface area contributed by atoms with E-state index in [1.54, 1.807) is 12.4 Å². The first-order valence-electron chi connectivity index (χ1n) is 9.47. The molecule has 7 nitrogen and oxygen atoms in total. The van der Waals surface area contributed by atoms with E-state index in [0.29, 0.717) is 6.42 Å². The molecule has 146 valence electrons. The molecule has 1 atom stereocenters. The van der Waals surface area contributed by atoms with Gasteiger partial charge in [0.25, 0.3) is 0 Å². The lowest BCUT2D eigenvalue weighted by molar-refractivity contribution is -0.305. The number of fused-ring (bicyclic) bond motifs is 1. The Morgan fingerprint density at radius 1 is 1.00 bits per heavy atom. The van der Waals surface area contributed by atoms with E-state index in [4.69, 9.17) is 0 Å². The highest BCUT2D eigenvalue weighted by molar-refractivity contribution is 6.03. The van der Waals surface area contributed by atoms with Crippen molar-refractivity contribution in [2.45, 2.75) is 31.7 Å². The molecule has 0 saturated heterocycles. The smallest absolute Gasteiger partial charge is 0.243 e. The maximum Gasteiger partial charge on any atom is 0.243 e. The molecule has 2 aromatic carbocycles. The van der Waals surface area contributed by atoms with Crippen molar-refractivity contribution < 1.29 is 14.7 Å². The summed E-state index contributed by atoms with van der Waals surface area (Å²) in [5.41, 5.74) is 4.24. The van der Waals surface area contributed by atoms with Gasteiger partial charge in [0.1, 0.15) is 0 Å². The zero-order chi connectivity index (χ0) is 20.2. The summed E-state index contributed by atoms with van der Waals surface area (Å²) in [4.78, 5) is 32.1. The minimum absolute atomic E-state index is 0.101. The summed E-state index contributed by atoms with van der Waals surface area (Å²) in [7, 11) is 0. The average molecular weight is 387 g/mol. The summed E-state index contributed by atoms with van der Waals surface area (Å²) >= 11 is 0. The molecule has 0 aliphatic carbocycles. The van der Waals surface area contributed by atoms with Gasteiger partial charge >= 0.3 is 0 Å². The average Bonchev–Trinajstić information content (AvgIpc) is 3.19. The van der Waals surface area contributed by atoms with E-state index in [0.717, 1.165) is 27.9 Å². The second-order valence-electron chi connectivity index (χ2n) is 6.90. The van der Waals surface area contributed by atoms with Crippen molar-refractivity contribution in [3.05, 3.63) is 72.1 Å². The van der Waals surface area contributed by atoms with Crippen molar-refractivity contribution in [3.8, 4) is 0 Å². The Kier molecular flexibility index (Phi) is 5.29. The molecule has 1 aromatic heterocycles. The molecule has 2 heterocycles. The number of hydrazone groups is 1. The zero-order valence-electron chi connectivity index (χ0n) is 15.7. The van der Waals surface area contributed by atoms with Gasteiger partial charge in [0.05, 0.1) is 22.8 Å². The van der Waals surface area contributed by atoms with Gasteiger partial charge in [0, 0.05) is 31.2 Å². The van der Waals surface area contributed by atoms with Crippen molar-refractivity contribution in [2.75, 3.05) is 0 Å². The second-order valence-corrected chi connectivity index (χ2v) is 6.90. The fourth-order valence-electron chi connectivity index (χ4n) is 3.49. The fourth-order valence-corrected chi connectivity index (χ4v) is 3.49. The van der Waals surface area contributed by atoms with E-state index >= 15 is 0 Å². The highest BCUT2D eigenvalue weighted by atomic mass is 16.4. The molecule has 7 heteroatoms. The number of benzene rings is 2. The van der Waals surface area contributed by atoms with Gasteiger partial charge in [-0.05, 0) is 36.1 Å². The fraction of sp³-hybridized carbons (Fsp3) is 0.227. The first-order valence-corrected chi connectivity index (χ1v) is 9.47. The topological polar surface area (TPSA) is 98.6 Å². The molecule has 0 bridgehead atoms. The molecule has 0 saturated carbocycles. The van der Waals surface area contributed by atoms with Gasteiger partial charge in [-0.2, -0.15) is 5.10 Å². The van der Waals surface area contributed by atoms with E-state index in [1.807, 2.05) is 48.5 Å². The highest BCUT2D eigenvalue weighted by Gasteiger charge is 2.32. The maximum absolute atomic E-state index is 12.8. The maximum atomic E-state index is 12.8. The Morgan fingerprint density at radius 3 is 2.52 bits per heavy atom. The second kappa shape index (κ2) is 8.18. The first-order chi connectivity index (χ1) is 14.1. The van der Waals surface area contributed by atoms with Crippen molar-refractivity contribution >= 4 is 28.6 Å². The minimum Gasteiger partial charge on any atom is -0.550 e. The lowest BCUT2D eigenvalue weighted by Crippen LogP contribution is -2.28. The molecule has 4 rings (SSSR count). The van der Waals surface area contributed by atoms with Crippen LogP contribution in [-0.4, -0.2) is 32.6 Å². The molecule has 1 aliphatic heterocycles. The number of carboxylic acid groups (broad SMARTS) is 1. The number of carbonyl (C=O) groups excluding carboxylic acids is 2. The molecule has 29 heavy (non-hydrogen) atoms. The van der Waals surface area contributed by atoms with Crippen LogP contribution < -0.4 is 5.11 Å². The van der Waals surface area contributed by atoms with Crippen LogP contribution in [0.5, 0.6) is 0 Å². The molecule has 3 aromatic rings. The van der Waals surface area contributed by atoms with Gasteiger partial charge in [-0.3, -0.25) is 14.8 Å². The highest BCUT2D eigenvalue weighted by Crippen LogP contribution is 2.34. The Balaban J connectivity index is 1.64. The van der Waals surface area contributed by atoms with E-state index in [2.05, 4.69) is 15.1 Å². The number of aliphatic carboxylic acids is 1. The minimum atomic E-state index is -1.16. The molecule has 0 unspecified atom stereocenters. The summed E-state index contributed by atoms with van der Waals surface area (Å²) in [6.07, 6.45) is 4.02. The normalized spacial score (nSPS) is 16.1. The number of amides is 1. The van der Waals surface area contributed by atoms with Crippen molar-refractivity contribution in [2.24, 2.45) is 5.10 Å². The van der Waals surface area contributed by atoms with E-state index in [-0.39, 0.29) is 31.2 Å². The predicted molar refractivity (Wildman–Crippen MR) is 106 cm³/mol. The van der Waals surface area contributed by atoms with Crippen LogP contribution in [0.15, 0.2) is 66.0 Å². The Bertz CT molecular complexity index is 1080. The third-order valence-electron chi connectivity index (χ3n) is 4.92. The number of rotatable bonds is 6. The standard InChI is InChI=1S/C22H20N4O3/c27-21(7-4-8-22(28)29)26-20(14-18(25-26)15-5-2-1-3-6-15)16-9-10-17-19(13-16)24-12-11-23-17/h1-3,5-6,9-13,20H,4,7-8,14H2,(H,28,29)/p-1/t20-/m0/s1. The van der Waals surface area contributed by atoms with Gasteiger partial charge in [-0.1, -0.05) is 36.4 Å². The lowest BCUT2D eigenvalue weighted by Gasteiger charge is -2.22. The molecular formula is C22H19N4O3-.